The van der Waals surface area contributed by atoms with Gasteiger partial charge in [-0.2, -0.15) is 0 Å². The first-order chi connectivity index (χ1) is 13.4. The van der Waals surface area contributed by atoms with E-state index in [1.165, 1.54) is 4.90 Å². The molecule has 1 aliphatic heterocycles. The molecular weight excluding hydrogens is 358 g/mol. The fraction of sp³-hybridized carbons (Fsp3) is 0.571. The van der Waals surface area contributed by atoms with Crippen molar-refractivity contribution < 1.29 is 19.1 Å². The van der Waals surface area contributed by atoms with Crippen molar-refractivity contribution in [1.29, 1.82) is 0 Å². The SMILES string of the molecule is CCOc1ccc(CN(C)C(=O)CN2C(=O)N[C@@]3(CCCC[C@H]3C)C2=O)cc1. The smallest absolute Gasteiger partial charge is 0.325 e. The minimum absolute atomic E-state index is 0.0828. The lowest BCUT2D eigenvalue weighted by molar-refractivity contribution is -0.140. The van der Waals surface area contributed by atoms with Crippen LogP contribution < -0.4 is 10.1 Å². The Balaban J connectivity index is 1.62. The maximum Gasteiger partial charge on any atom is 0.325 e. The van der Waals surface area contributed by atoms with Gasteiger partial charge in [0.2, 0.25) is 5.91 Å². The third-order valence-electron chi connectivity index (χ3n) is 5.87. The van der Waals surface area contributed by atoms with Gasteiger partial charge in [0.1, 0.15) is 17.8 Å². The van der Waals surface area contributed by atoms with Gasteiger partial charge in [-0.15, -0.1) is 0 Å². The molecule has 1 N–H and O–H groups in total. The summed E-state index contributed by atoms with van der Waals surface area (Å²) in [4.78, 5) is 40.7. The highest BCUT2D eigenvalue weighted by atomic mass is 16.5. The third kappa shape index (κ3) is 3.84. The first-order valence-corrected chi connectivity index (χ1v) is 9.97. The Kier molecular flexibility index (Phi) is 5.91. The Morgan fingerprint density at radius 2 is 2.00 bits per heavy atom. The first kappa shape index (κ1) is 20.2. The van der Waals surface area contributed by atoms with Gasteiger partial charge in [-0.05, 0) is 43.4 Å². The maximum absolute atomic E-state index is 13.0. The Hall–Kier alpha value is -2.57. The Labute approximate surface area is 166 Å². The quantitative estimate of drug-likeness (QED) is 0.761. The van der Waals surface area contributed by atoms with E-state index in [4.69, 9.17) is 4.74 Å². The monoisotopic (exact) mass is 387 g/mol. The summed E-state index contributed by atoms with van der Waals surface area (Å²) in [5, 5.41) is 2.88. The number of amides is 4. The summed E-state index contributed by atoms with van der Waals surface area (Å²) in [6, 6.07) is 7.08. The Morgan fingerprint density at radius 1 is 1.29 bits per heavy atom. The number of carbonyl (C=O) groups is 3. The molecule has 4 amide bonds. The number of urea groups is 1. The summed E-state index contributed by atoms with van der Waals surface area (Å²) >= 11 is 0. The molecule has 0 radical (unpaired) electrons. The molecular formula is C21H29N3O4. The summed E-state index contributed by atoms with van der Waals surface area (Å²) in [5.41, 5.74) is 0.123. The van der Waals surface area contributed by atoms with E-state index in [1.807, 2.05) is 38.1 Å². The highest BCUT2D eigenvalue weighted by Gasteiger charge is 2.55. The van der Waals surface area contributed by atoms with Gasteiger partial charge in [-0.1, -0.05) is 31.9 Å². The van der Waals surface area contributed by atoms with Gasteiger partial charge in [-0.3, -0.25) is 14.5 Å². The van der Waals surface area contributed by atoms with Crippen molar-refractivity contribution in [2.24, 2.45) is 5.92 Å². The van der Waals surface area contributed by atoms with Crippen molar-refractivity contribution in [2.75, 3.05) is 20.2 Å². The van der Waals surface area contributed by atoms with Crippen LogP contribution in [-0.4, -0.2) is 53.4 Å². The topological polar surface area (TPSA) is 79.0 Å². The molecule has 1 saturated carbocycles. The molecule has 3 rings (SSSR count). The van der Waals surface area contributed by atoms with E-state index in [1.54, 1.807) is 7.05 Å². The van der Waals surface area contributed by atoms with Crippen molar-refractivity contribution in [2.45, 2.75) is 51.6 Å². The van der Waals surface area contributed by atoms with E-state index in [9.17, 15) is 14.4 Å². The number of carbonyl (C=O) groups excluding carboxylic acids is 3. The summed E-state index contributed by atoms with van der Waals surface area (Å²) in [7, 11) is 1.68. The first-order valence-electron chi connectivity index (χ1n) is 9.97. The van der Waals surface area contributed by atoms with Crippen LogP contribution in [0.5, 0.6) is 5.75 Å². The lowest BCUT2D eigenvalue weighted by atomic mass is 9.73. The van der Waals surface area contributed by atoms with Crippen LogP contribution in [0, 0.1) is 5.92 Å². The van der Waals surface area contributed by atoms with Crippen LogP contribution >= 0.6 is 0 Å². The molecule has 1 aromatic rings. The second-order valence-electron chi connectivity index (χ2n) is 7.77. The number of likely N-dealkylation sites (N-methyl/N-ethyl adjacent to an activating group) is 1. The number of rotatable bonds is 6. The van der Waals surface area contributed by atoms with Gasteiger partial charge < -0.3 is 15.0 Å². The molecule has 1 spiro atoms. The van der Waals surface area contributed by atoms with Crippen LogP contribution in [0.1, 0.15) is 45.1 Å². The average Bonchev–Trinajstić information content (AvgIpc) is 2.91. The van der Waals surface area contributed by atoms with Crippen molar-refractivity contribution in [3.63, 3.8) is 0 Å². The highest BCUT2D eigenvalue weighted by Crippen LogP contribution is 2.38. The van der Waals surface area contributed by atoms with Crippen molar-refractivity contribution >= 4 is 17.8 Å². The number of nitrogens with zero attached hydrogens (tertiary/aromatic N) is 2. The van der Waals surface area contributed by atoms with Gasteiger partial charge in [0.05, 0.1) is 6.61 Å². The summed E-state index contributed by atoms with van der Waals surface area (Å²) in [6.45, 7) is 4.70. The molecule has 1 heterocycles. The molecule has 0 bridgehead atoms. The second-order valence-corrected chi connectivity index (χ2v) is 7.77. The van der Waals surface area contributed by atoms with Gasteiger partial charge >= 0.3 is 6.03 Å². The van der Waals surface area contributed by atoms with Gasteiger partial charge in [0, 0.05) is 13.6 Å². The minimum Gasteiger partial charge on any atom is -0.494 e. The number of nitrogens with one attached hydrogen (secondary N) is 1. The molecule has 2 fully saturated rings. The fourth-order valence-corrected chi connectivity index (χ4v) is 4.11. The normalized spacial score (nSPS) is 24.4. The summed E-state index contributed by atoms with van der Waals surface area (Å²) < 4.78 is 5.42. The molecule has 2 atom stereocenters. The molecule has 7 nitrogen and oxygen atoms in total. The van der Waals surface area contributed by atoms with E-state index < -0.39 is 11.6 Å². The molecule has 28 heavy (non-hydrogen) atoms. The minimum atomic E-state index is -0.830. The molecule has 1 saturated heterocycles. The number of hydrogen-bond acceptors (Lipinski definition) is 4. The number of imide groups is 1. The number of ether oxygens (including phenoxy) is 1. The zero-order valence-corrected chi connectivity index (χ0v) is 16.9. The Bertz CT molecular complexity index is 749. The van der Waals surface area contributed by atoms with E-state index in [2.05, 4.69) is 5.32 Å². The van der Waals surface area contributed by atoms with Crippen LogP contribution in [0.2, 0.25) is 0 Å². The van der Waals surface area contributed by atoms with E-state index in [0.717, 1.165) is 35.5 Å². The molecule has 0 aromatic heterocycles. The fourth-order valence-electron chi connectivity index (χ4n) is 4.11. The lowest BCUT2D eigenvalue weighted by Gasteiger charge is -2.36. The zero-order chi connectivity index (χ0) is 20.3. The summed E-state index contributed by atoms with van der Waals surface area (Å²) in [6.07, 6.45) is 3.53. The molecule has 152 valence electrons. The predicted octanol–water partition coefficient (Wildman–Crippen LogP) is 2.54. The molecule has 1 aromatic carbocycles. The average molecular weight is 387 g/mol. The number of hydrogen-bond donors (Lipinski definition) is 1. The Morgan fingerprint density at radius 3 is 2.64 bits per heavy atom. The van der Waals surface area contributed by atoms with Gasteiger partial charge in [0.25, 0.3) is 5.91 Å². The van der Waals surface area contributed by atoms with E-state index in [0.29, 0.717) is 19.6 Å². The largest absolute Gasteiger partial charge is 0.494 e. The predicted molar refractivity (Wildman–Crippen MR) is 105 cm³/mol. The molecule has 1 aliphatic carbocycles. The van der Waals surface area contributed by atoms with Gasteiger partial charge in [0.15, 0.2) is 0 Å². The van der Waals surface area contributed by atoms with Crippen LogP contribution in [-0.2, 0) is 16.1 Å². The second kappa shape index (κ2) is 8.20. The maximum atomic E-state index is 13.0. The molecule has 0 unspecified atom stereocenters. The standard InChI is InChI=1S/C21H29N3O4/c1-4-28-17-10-8-16(9-11-17)13-23(3)18(25)14-24-19(26)21(22-20(24)27)12-6-5-7-15(21)2/h8-11,15H,4-7,12-14H2,1-3H3,(H,22,27)/t15-,21-/m1/s1. The number of benzene rings is 1. The zero-order valence-electron chi connectivity index (χ0n) is 16.9. The van der Waals surface area contributed by atoms with Crippen LogP contribution in [0.25, 0.3) is 0 Å². The third-order valence-corrected chi connectivity index (χ3v) is 5.87. The lowest BCUT2D eigenvalue weighted by Crippen LogP contribution is -2.54. The van der Waals surface area contributed by atoms with E-state index in [-0.39, 0.29) is 24.3 Å². The van der Waals surface area contributed by atoms with Crippen LogP contribution in [0.15, 0.2) is 24.3 Å². The molecule has 7 heteroatoms. The highest BCUT2D eigenvalue weighted by molar-refractivity contribution is 6.09. The van der Waals surface area contributed by atoms with Gasteiger partial charge in [-0.25, -0.2) is 4.79 Å². The van der Waals surface area contributed by atoms with E-state index >= 15 is 0 Å². The molecule has 2 aliphatic rings. The van der Waals surface area contributed by atoms with Crippen LogP contribution in [0.4, 0.5) is 4.79 Å². The van der Waals surface area contributed by atoms with Crippen molar-refractivity contribution in [1.82, 2.24) is 15.1 Å². The van der Waals surface area contributed by atoms with Crippen molar-refractivity contribution in [3.05, 3.63) is 29.8 Å². The van der Waals surface area contributed by atoms with Crippen molar-refractivity contribution in [3.8, 4) is 5.75 Å². The van der Waals surface area contributed by atoms with Crippen LogP contribution in [0.3, 0.4) is 0 Å². The summed E-state index contributed by atoms with van der Waals surface area (Å²) in [5.74, 6) is 0.344.